The number of nitrogens with zero attached hydrogens (tertiary/aromatic N) is 4. The standard InChI is InChI=1S/C9H11N5S/c1-2-5-14-9(11-12-13-14)10-7-8-4-3-6-15-8/h2-4,6H,1,5,7H2,(H,10,11,13). The van der Waals surface area contributed by atoms with Crippen LogP contribution >= 0.6 is 11.3 Å². The first kappa shape index (κ1) is 9.85. The van der Waals surface area contributed by atoms with Gasteiger partial charge in [0.25, 0.3) is 0 Å². The smallest absolute Gasteiger partial charge is 0.243 e. The Kier molecular flexibility index (Phi) is 3.08. The van der Waals surface area contributed by atoms with E-state index in [0.717, 1.165) is 6.54 Å². The van der Waals surface area contributed by atoms with Crippen molar-refractivity contribution in [3.63, 3.8) is 0 Å². The van der Waals surface area contributed by atoms with E-state index >= 15 is 0 Å². The Morgan fingerprint density at radius 1 is 1.60 bits per heavy atom. The fourth-order valence-corrected chi connectivity index (χ4v) is 1.80. The molecule has 1 N–H and O–H groups in total. The van der Waals surface area contributed by atoms with Gasteiger partial charge in [-0.15, -0.1) is 17.9 Å². The number of anilines is 1. The highest BCUT2D eigenvalue weighted by Gasteiger charge is 2.03. The quantitative estimate of drug-likeness (QED) is 0.778. The first-order valence-corrected chi connectivity index (χ1v) is 5.41. The van der Waals surface area contributed by atoms with Gasteiger partial charge in [-0.2, -0.15) is 0 Å². The van der Waals surface area contributed by atoms with Gasteiger partial charge in [0.05, 0.1) is 13.1 Å². The first-order chi connectivity index (χ1) is 7.40. The molecule has 15 heavy (non-hydrogen) atoms. The van der Waals surface area contributed by atoms with Crippen LogP contribution in [0.4, 0.5) is 5.95 Å². The molecule has 2 heterocycles. The van der Waals surface area contributed by atoms with Gasteiger partial charge in [0.15, 0.2) is 0 Å². The average Bonchev–Trinajstić information content (AvgIpc) is 2.85. The van der Waals surface area contributed by atoms with E-state index in [9.17, 15) is 0 Å². The van der Waals surface area contributed by atoms with Crippen molar-refractivity contribution >= 4 is 17.3 Å². The maximum absolute atomic E-state index is 3.88. The van der Waals surface area contributed by atoms with Gasteiger partial charge in [-0.05, 0) is 21.9 Å². The molecule has 0 atom stereocenters. The molecule has 0 spiro atoms. The maximum atomic E-state index is 3.88. The lowest BCUT2D eigenvalue weighted by atomic mass is 10.5. The predicted molar refractivity (Wildman–Crippen MR) is 59.7 cm³/mol. The third-order valence-electron chi connectivity index (χ3n) is 1.83. The number of hydrogen-bond acceptors (Lipinski definition) is 5. The van der Waals surface area contributed by atoms with Gasteiger partial charge in [-0.25, -0.2) is 4.68 Å². The van der Waals surface area contributed by atoms with Crippen LogP contribution in [-0.2, 0) is 13.1 Å². The van der Waals surface area contributed by atoms with Crippen LogP contribution in [0.25, 0.3) is 0 Å². The number of tetrazole rings is 1. The summed E-state index contributed by atoms with van der Waals surface area (Å²) in [6, 6.07) is 4.09. The minimum Gasteiger partial charge on any atom is -0.348 e. The molecule has 0 aliphatic rings. The molecular formula is C9H11N5S. The Bertz CT molecular complexity index is 419. The molecular weight excluding hydrogens is 210 g/mol. The zero-order valence-corrected chi connectivity index (χ0v) is 8.94. The number of nitrogens with one attached hydrogen (secondary N) is 1. The highest BCUT2D eigenvalue weighted by Crippen LogP contribution is 2.10. The zero-order chi connectivity index (χ0) is 10.5. The molecule has 2 aromatic rings. The Morgan fingerprint density at radius 3 is 3.27 bits per heavy atom. The summed E-state index contributed by atoms with van der Waals surface area (Å²) in [7, 11) is 0. The van der Waals surface area contributed by atoms with Crippen LogP contribution in [0.2, 0.25) is 0 Å². The highest BCUT2D eigenvalue weighted by atomic mass is 32.1. The molecule has 0 aliphatic carbocycles. The largest absolute Gasteiger partial charge is 0.348 e. The van der Waals surface area contributed by atoms with Crippen molar-refractivity contribution < 1.29 is 0 Å². The normalized spacial score (nSPS) is 10.1. The Hall–Kier alpha value is -1.69. The lowest BCUT2D eigenvalue weighted by Gasteiger charge is -2.03. The van der Waals surface area contributed by atoms with E-state index in [1.165, 1.54) is 4.88 Å². The molecule has 0 saturated carbocycles. The van der Waals surface area contributed by atoms with E-state index in [4.69, 9.17) is 0 Å². The van der Waals surface area contributed by atoms with Crippen LogP contribution in [-0.4, -0.2) is 20.2 Å². The summed E-state index contributed by atoms with van der Waals surface area (Å²) in [6.45, 7) is 5.00. The van der Waals surface area contributed by atoms with E-state index in [2.05, 4.69) is 33.5 Å². The molecule has 0 amide bonds. The van der Waals surface area contributed by atoms with Crippen molar-refractivity contribution in [2.24, 2.45) is 0 Å². The molecule has 0 unspecified atom stereocenters. The topological polar surface area (TPSA) is 55.6 Å². The van der Waals surface area contributed by atoms with Crippen LogP contribution in [0.1, 0.15) is 4.88 Å². The van der Waals surface area contributed by atoms with Gasteiger partial charge in [-0.1, -0.05) is 17.2 Å². The average molecular weight is 221 g/mol. The van der Waals surface area contributed by atoms with Gasteiger partial charge in [0, 0.05) is 4.88 Å². The number of thiophene rings is 1. The lowest BCUT2D eigenvalue weighted by molar-refractivity contribution is 0.663. The second-order valence-electron chi connectivity index (χ2n) is 2.91. The molecule has 0 aliphatic heterocycles. The zero-order valence-electron chi connectivity index (χ0n) is 8.13. The summed E-state index contributed by atoms with van der Waals surface area (Å²) in [5.41, 5.74) is 0. The van der Waals surface area contributed by atoms with E-state index in [1.807, 2.05) is 11.4 Å². The fourth-order valence-electron chi connectivity index (χ4n) is 1.16. The molecule has 78 valence electrons. The highest BCUT2D eigenvalue weighted by molar-refractivity contribution is 7.09. The summed E-state index contributed by atoms with van der Waals surface area (Å²) >= 11 is 1.70. The first-order valence-electron chi connectivity index (χ1n) is 4.53. The summed E-state index contributed by atoms with van der Waals surface area (Å²) in [5, 5.41) is 16.5. The number of hydrogen-bond donors (Lipinski definition) is 1. The van der Waals surface area contributed by atoms with E-state index in [0.29, 0.717) is 12.5 Å². The minimum atomic E-state index is 0.611. The summed E-state index contributed by atoms with van der Waals surface area (Å²) in [5.74, 6) is 0.670. The predicted octanol–water partition coefficient (Wildman–Crippen LogP) is 1.53. The third kappa shape index (κ3) is 2.41. The number of aromatic nitrogens is 4. The van der Waals surface area contributed by atoms with Gasteiger partial charge >= 0.3 is 0 Å². The molecule has 0 aromatic carbocycles. The monoisotopic (exact) mass is 221 g/mol. The molecule has 0 fully saturated rings. The lowest BCUT2D eigenvalue weighted by Crippen LogP contribution is -2.07. The number of allylic oxidation sites excluding steroid dienone is 1. The Balaban J connectivity index is 1.98. The summed E-state index contributed by atoms with van der Waals surface area (Å²) < 4.78 is 1.67. The second kappa shape index (κ2) is 4.70. The van der Waals surface area contributed by atoms with E-state index < -0.39 is 0 Å². The van der Waals surface area contributed by atoms with Crippen molar-refractivity contribution in [3.8, 4) is 0 Å². The van der Waals surface area contributed by atoms with Gasteiger partial charge < -0.3 is 5.32 Å². The van der Waals surface area contributed by atoms with Crippen LogP contribution in [0.5, 0.6) is 0 Å². The third-order valence-corrected chi connectivity index (χ3v) is 2.71. The van der Waals surface area contributed by atoms with Crippen molar-refractivity contribution in [2.75, 3.05) is 5.32 Å². The fraction of sp³-hybridized carbons (Fsp3) is 0.222. The molecule has 0 radical (unpaired) electrons. The van der Waals surface area contributed by atoms with Crippen molar-refractivity contribution in [1.82, 2.24) is 20.2 Å². The van der Waals surface area contributed by atoms with Crippen LogP contribution in [0.3, 0.4) is 0 Å². The van der Waals surface area contributed by atoms with E-state index in [-0.39, 0.29) is 0 Å². The molecule has 0 bridgehead atoms. The van der Waals surface area contributed by atoms with Crippen molar-refractivity contribution in [2.45, 2.75) is 13.1 Å². The van der Waals surface area contributed by atoms with Crippen molar-refractivity contribution in [3.05, 3.63) is 35.0 Å². The molecule has 5 nitrogen and oxygen atoms in total. The Morgan fingerprint density at radius 2 is 2.53 bits per heavy atom. The number of rotatable bonds is 5. The summed E-state index contributed by atoms with van der Waals surface area (Å²) in [4.78, 5) is 1.25. The summed E-state index contributed by atoms with van der Waals surface area (Å²) in [6.07, 6.45) is 1.76. The second-order valence-corrected chi connectivity index (χ2v) is 3.94. The van der Waals surface area contributed by atoms with Gasteiger partial charge in [0.2, 0.25) is 5.95 Å². The Labute approximate surface area is 91.4 Å². The van der Waals surface area contributed by atoms with Crippen LogP contribution < -0.4 is 5.32 Å². The maximum Gasteiger partial charge on any atom is 0.243 e. The molecule has 6 heteroatoms. The molecule has 2 rings (SSSR count). The van der Waals surface area contributed by atoms with Gasteiger partial charge in [-0.3, -0.25) is 0 Å². The van der Waals surface area contributed by atoms with Crippen LogP contribution in [0.15, 0.2) is 30.2 Å². The van der Waals surface area contributed by atoms with Crippen molar-refractivity contribution in [1.29, 1.82) is 0 Å². The molecule has 0 saturated heterocycles. The minimum absolute atomic E-state index is 0.611. The SMILES string of the molecule is C=CCn1nnnc1NCc1cccs1. The van der Waals surface area contributed by atoms with Gasteiger partial charge in [0.1, 0.15) is 0 Å². The molecule has 2 aromatic heterocycles. The van der Waals surface area contributed by atoms with E-state index in [1.54, 1.807) is 22.1 Å². The van der Waals surface area contributed by atoms with Crippen LogP contribution in [0, 0.1) is 0 Å².